The second-order valence-corrected chi connectivity index (χ2v) is 2.89. The number of ether oxygens (including phenoxy) is 2. The number of carbonyl (C=O) groups excluding carboxylic acids is 1. The van der Waals surface area contributed by atoms with Crippen molar-refractivity contribution >= 4 is 5.97 Å². The van der Waals surface area contributed by atoms with Gasteiger partial charge in [0.2, 0.25) is 6.17 Å². The van der Waals surface area contributed by atoms with Gasteiger partial charge in [-0.1, -0.05) is 6.58 Å². The van der Waals surface area contributed by atoms with E-state index in [1.165, 1.54) is 6.92 Å². The van der Waals surface area contributed by atoms with E-state index in [1.807, 2.05) is 0 Å². The molecule has 3 atom stereocenters. The lowest BCUT2D eigenvalue weighted by Crippen LogP contribution is -2.61. The summed E-state index contributed by atoms with van der Waals surface area (Å²) in [5.41, 5.74) is 0. The number of carbonyl (C=O) groups is 1. The van der Waals surface area contributed by atoms with Crippen LogP contribution in [-0.4, -0.2) is 30.5 Å². The van der Waals surface area contributed by atoms with Gasteiger partial charge in [-0.2, -0.15) is 8.78 Å². The summed E-state index contributed by atoms with van der Waals surface area (Å²) in [6, 6.07) is 0. The summed E-state index contributed by atoms with van der Waals surface area (Å²) in [4.78, 5) is 10.6. The summed E-state index contributed by atoms with van der Waals surface area (Å²) < 4.78 is 45.5. The van der Waals surface area contributed by atoms with Gasteiger partial charge in [-0.25, -0.2) is 9.18 Å². The summed E-state index contributed by atoms with van der Waals surface area (Å²) >= 11 is 0. The number of alkyl halides is 3. The molecule has 0 saturated carbocycles. The van der Waals surface area contributed by atoms with Crippen LogP contribution in [-0.2, 0) is 14.3 Å². The summed E-state index contributed by atoms with van der Waals surface area (Å²) in [5.74, 6) is -0.802. The average molecular weight is 210 g/mol. The molecule has 0 radical (unpaired) electrons. The number of hydrogen-bond acceptors (Lipinski definition) is 3. The minimum absolute atomic E-state index is 0.802. The maximum Gasteiger partial charge on any atom is 0.390 e. The van der Waals surface area contributed by atoms with E-state index in [0.717, 1.165) is 6.08 Å². The van der Waals surface area contributed by atoms with Crippen LogP contribution in [0.1, 0.15) is 6.92 Å². The lowest BCUT2D eigenvalue weighted by molar-refractivity contribution is -0.404. The molecule has 80 valence electrons. The Bertz CT molecular complexity index is 254. The minimum atomic E-state index is -3.76. The van der Waals surface area contributed by atoms with Crippen molar-refractivity contribution in [1.29, 1.82) is 0 Å². The first-order valence-electron chi connectivity index (χ1n) is 3.91. The zero-order valence-electron chi connectivity index (χ0n) is 7.38. The van der Waals surface area contributed by atoms with Crippen LogP contribution >= 0.6 is 0 Å². The highest BCUT2D eigenvalue weighted by Gasteiger charge is 2.61. The Balaban J connectivity index is 2.45. The van der Waals surface area contributed by atoms with E-state index in [9.17, 15) is 18.0 Å². The number of halogens is 3. The first-order chi connectivity index (χ1) is 6.38. The maximum absolute atomic E-state index is 12.7. The van der Waals surface area contributed by atoms with Crippen LogP contribution in [0.4, 0.5) is 13.2 Å². The molecule has 0 aliphatic carbocycles. The molecule has 6 heteroatoms. The lowest BCUT2D eigenvalue weighted by Gasteiger charge is -2.41. The molecule has 3 nitrogen and oxygen atoms in total. The molecule has 1 aliphatic heterocycles. The Hall–Kier alpha value is -1.04. The van der Waals surface area contributed by atoms with E-state index in [-0.39, 0.29) is 0 Å². The zero-order valence-corrected chi connectivity index (χ0v) is 7.38. The van der Waals surface area contributed by atoms with Gasteiger partial charge in [0.1, 0.15) is 12.2 Å². The molecule has 0 bridgehead atoms. The highest BCUT2D eigenvalue weighted by Crippen LogP contribution is 2.40. The van der Waals surface area contributed by atoms with E-state index in [2.05, 4.69) is 16.1 Å². The Morgan fingerprint density at radius 1 is 1.71 bits per heavy atom. The van der Waals surface area contributed by atoms with Crippen molar-refractivity contribution in [2.45, 2.75) is 31.4 Å². The van der Waals surface area contributed by atoms with Crippen LogP contribution in [0.5, 0.6) is 0 Å². The Kier molecular flexibility index (Phi) is 2.84. The first-order valence-corrected chi connectivity index (χ1v) is 3.91. The molecule has 0 aromatic rings. The summed E-state index contributed by atoms with van der Waals surface area (Å²) in [7, 11) is 0. The van der Waals surface area contributed by atoms with Crippen LogP contribution in [0.15, 0.2) is 12.7 Å². The van der Waals surface area contributed by atoms with Crippen molar-refractivity contribution in [3.8, 4) is 0 Å². The van der Waals surface area contributed by atoms with E-state index >= 15 is 0 Å². The molecule has 1 heterocycles. The molecule has 0 aromatic heterocycles. The third kappa shape index (κ3) is 1.89. The lowest BCUT2D eigenvalue weighted by atomic mass is 10.0. The maximum atomic E-state index is 12.7. The highest BCUT2D eigenvalue weighted by molar-refractivity contribution is 5.81. The van der Waals surface area contributed by atoms with Gasteiger partial charge in [-0.15, -0.1) is 0 Å². The van der Waals surface area contributed by atoms with Crippen LogP contribution in [0.2, 0.25) is 0 Å². The van der Waals surface area contributed by atoms with Gasteiger partial charge in [-0.05, 0) is 6.92 Å². The van der Waals surface area contributed by atoms with Crippen LogP contribution in [0.3, 0.4) is 0 Å². The van der Waals surface area contributed by atoms with E-state index in [0.29, 0.717) is 0 Å². The van der Waals surface area contributed by atoms with Crippen molar-refractivity contribution in [2.24, 2.45) is 0 Å². The third-order valence-corrected chi connectivity index (χ3v) is 1.83. The fourth-order valence-corrected chi connectivity index (χ4v) is 1.06. The fourth-order valence-electron chi connectivity index (χ4n) is 1.06. The Morgan fingerprint density at radius 2 is 2.29 bits per heavy atom. The smallest absolute Gasteiger partial charge is 0.390 e. The molecule has 1 saturated heterocycles. The van der Waals surface area contributed by atoms with Crippen LogP contribution in [0.25, 0.3) is 0 Å². The fraction of sp³-hybridized carbons (Fsp3) is 0.625. The van der Waals surface area contributed by atoms with Gasteiger partial charge in [0, 0.05) is 6.08 Å². The van der Waals surface area contributed by atoms with Crippen molar-refractivity contribution in [2.75, 3.05) is 0 Å². The molecule has 0 amide bonds. The predicted molar refractivity (Wildman–Crippen MR) is 40.5 cm³/mol. The normalized spacial score (nSPS) is 31.4. The zero-order chi connectivity index (χ0) is 10.9. The first kappa shape index (κ1) is 11.0. The molecule has 1 rings (SSSR count). The SMILES string of the molecule is C=CC(=O)OC(C)C1OC(F)(F)C1F. The van der Waals surface area contributed by atoms with E-state index in [4.69, 9.17) is 0 Å². The van der Waals surface area contributed by atoms with Crippen molar-refractivity contribution < 1.29 is 27.4 Å². The van der Waals surface area contributed by atoms with Gasteiger partial charge >= 0.3 is 12.1 Å². The largest absolute Gasteiger partial charge is 0.457 e. The Morgan fingerprint density at radius 3 is 2.64 bits per heavy atom. The number of esters is 1. The van der Waals surface area contributed by atoms with Gasteiger partial charge in [-0.3, -0.25) is 0 Å². The molecular weight excluding hydrogens is 201 g/mol. The molecule has 3 unspecified atom stereocenters. The van der Waals surface area contributed by atoms with Gasteiger partial charge in [0.05, 0.1) is 0 Å². The topological polar surface area (TPSA) is 35.5 Å². The van der Waals surface area contributed by atoms with Crippen molar-refractivity contribution in [3.05, 3.63) is 12.7 Å². The molecule has 14 heavy (non-hydrogen) atoms. The van der Waals surface area contributed by atoms with E-state index < -0.39 is 30.5 Å². The quantitative estimate of drug-likeness (QED) is 0.522. The highest BCUT2D eigenvalue weighted by atomic mass is 19.3. The summed E-state index contributed by atoms with van der Waals surface area (Å²) in [6.07, 6.45) is -7.81. The summed E-state index contributed by atoms with van der Waals surface area (Å²) in [5, 5.41) is 0. The molecule has 1 fully saturated rings. The average Bonchev–Trinajstić information content (AvgIpc) is 2.13. The monoisotopic (exact) mass is 210 g/mol. The van der Waals surface area contributed by atoms with Gasteiger partial charge in [0.15, 0.2) is 0 Å². The van der Waals surface area contributed by atoms with Crippen LogP contribution in [0, 0.1) is 0 Å². The van der Waals surface area contributed by atoms with Gasteiger partial charge in [0.25, 0.3) is 0 Å². The molecule has 0 aromatic carbocycles. The molecule has 0 spiro atoms. The molecule has 0 N–H and O–H groups in total. The molecular formula is C8H9F3O3. The molecule has 1 aliphatic rings. The van der Waals surface area contributed by atoms with Gasteiger partial charge < -0.3 is 9.47 Å². The minimum Gasteiger partial charge on any atom is -0.457 e. The Labute approximate surface area is 78.5 Å². The number of rotatable bonds is 3. The third-order valence-electron chi connectivity index (χ3n) is 1.83. The van der Waals surface area contributed by atoms with Crippen molar-refractivity contribution in [1.82, 2.24) is 0 Å². The second-order valence-electron chi connectivity index (χ2n) is 2.89. The van der Waals surface area contributed by atoms with E-state index in [1.54, 1.807) is 0 Å². The standard InChI is InChI=1S/C8H9F3O3/c1-3-5(12)13-4(2)6-7(9)8(10,11)14-6/h3-4,6-7H,1H2,2H3. The summed E-state index contributed by atoms with van der Waals surface area (Å²) in [6.45, 7) is 4.38. The number of hydrogen-bond donors (Lipinski definition) is 0. The predicted octanol–water partition coefficient (Wildman–Crippen LogP) is 1.43. The van der Waals surface area contributed by atoms with Crippen LogP contribution < -0.4 is 0 Å². The second kappa shape index (κ2) is 3.61. The van der Waals surface area contributed by atoms with Crippen molar-refractivity contribution in [3.63, 3.8) is 0 Å².